The third-order valence-corrected chi connectivity index (χ3v) is 6.10. The highest BCUT2D eigenvalue weighted by atomic mass is 16.2. The van der Waals surface area contributed by atoms with Crippen molar-refractivity contribution in [1.82, 2.24) is 24.8 Å². The Morgan fingerprint density at radius 3 is 2.74 bits per heavy atom. The quantitative estimate of drug-likeness (QED) is 0.612. The average molecular weight is 418 g/mol. The first-order valence-electron chi connectivity index (χ1n) is 10.9. The van der Waals surface area contributed by atoms with Crippen LogP contribution in [0.15, 0.2) is 49.1 Å². The van der Waals surface area contributed by atoms with Crippen LogP contribution in [0.5, 0.6) is 0 Å². The van der Waals surface area contributed by atoms with Gasteiger partial charge in [-0.15, -0.1) is 0 Å². The number of imidazole rings is 1. The van der Waals surface area contributed by atoms with Crippen molar-refractivity contribution in [3.05, 3.63) is 60.3 Å². The number of nitrogens with one attached hydrogen (secondary N) is 2. The van der Waals surface area contributed by atoms with E-state index in [1.54, 1.807) is 17.2 Å². The van der Waals surface area contributed by atoms with Crippen molar-refractivity contribution in [3.8, 4) is 5.69 Å². The summed E-state index contributed by atoms with van der Waals surface area (Å²) >= 11 is 0. The van der Waals surface area contributed by atoms with Crippen LogP contribution in [0.1, 0.15) is 44.0 Å². The van der Waals surface area contributed by atoms with Crippen molar-refractivity contribution in [2.45, 2.75) is 45.2 Å². The minimum atomic E-state index is -0.0851. The van der Waals surface area contributed by atoms with E-state index < -0.39 is 0 Å². The van der Waals surface area contributed by atoms with Gasteiger partial charge in [0.2, 0.25) is 5.95 Å². The molecule has 160 valence electrons. The Morgan fingerprint density at radius 1 is 1.19 bits per heavy atom. The van der Waals surface area contributed by atoms with E-state index >= 15 is 0 Å². The molecule has 31 heavy (non-hydrogen) atoms. The highest BCUT2D eigenvalue weighted by Gasteiger charge is 2.42. The second-order valence-corrected chi connectivity index (χ2v) is 8.29. The molecule has 8 heteroatoms. The maximum atomic E-state index is 12.4. The number of urea groups is 1. The predicted molar refractivity (Wildman–Crippen MR) is 119 cm³/mol. The summed E-state index contributed by atoms with van der Waals surface area (Å²) in [5, 5.41) is 6.27. The van der Waals surface area contributed by atoms with Gasteiger partial charge in [0.15, 0.2) is 0 Å². The number of nitrogens with zero attached hydrogens (tertiary/aromatic N) is 5. The lowest BCUT2D eigenvalue weighted by Crippen LogP contribution is -2.36. The predicted octanol–water partition coefficient (Wildman–Crippen LogP) is 3.71. The van der Waals surface area contributed by atoms with Crippen molar-refractivity contribution in [1.29, 1.82) is 0 Å². The Morgan fingerprint density at radius 2 is 2.00 bits per heavy atom. The summed E-state index contributed by atoms with van der Waals surface area (Å²) < 4.78 is 2.01. The topological polar surface area (TPSA) is 88.0 Å². The minimum absolute atomic E-state index is 0.0811. The molecule has 2 atom stereocenters. The molecule has 8 nitrogen and oxygen atoms in total. The first-order chi connectivity index (χ1) is 15.1. The monoisotopic (exact) mass is 417 g/mol. The molecule has 0 bridgehead atoms. The molecule has 2 aromatic heterocycles. The lowest BCUT2D eigenvalue weighted by Gasteiger charge is -2.22. The molecule has 1 aliphatic carbocycles. The van der Waals surface area contributed by atoms with Crippen LogP contribution in [0.3, 0.4) is 0 Å². The van der Waals surface area contributed by atoms with E-state index in [2.05, 4.69) is 56.8 Å². The standard InChI is InChI=1S/C23H27N7O/c1-3-16-4-8-18(9-5-16)29-13-19(26-14-29)15(2)27-22-24-11-10-21(28-22)30-20(17-6-7-17)12-25-23(30)31/h4-5,8-11,13-15,17,20H,3,6-7,12H2,1-2H3,(H,25,31)(H,24,27,28)/t15-,20+/m0/s1. The van der Waals surface area contributed by atoms with E-state index in [0.717, 1.165) is 17.8 Å². The molecule has 2 N–H and O–H groups in total. The fourth-order valence-electron chi connectivity index (χ4n) is 4.08. The Kier molecular flexibility index (Phi) is 5.05. The Balaban J connectivity index is 1.30. The largest absolute Gasteiger partial charge is 0.346 e. The number of carbonyl (C=O) groups excluding carboxylic acids is 1. The van der Waals surface area contributed by atoms with Gasteiger partial charge in [-0.2, -0.15) is 4.98 Å². The van der Waals surface area contributed by atoms with E-state index in [1.807, 2.05) is 24.0 Å². The number of hydrogen-bond acceptors (Lipinski definition) is 5. The van der Waals surface area contributed by atoms with Gasteiger partial charge in [0.1, 0.15) is 5.82 Å². The molecular weight excluding hydrogens is 390 g/mol. The molecule has 0 radical (unpaired) electrons. The number of anilines is 2. The number of benzene rings is 1. The summed E-state index contributed by atoms with van der Waals surface area (Å²) in [6.45, 7) is 4.86. The Bertz CT molecular complexity index is 1070. The molecule has 1 aliphatic heterocycles. The molecule has 1 aromatic carbocycles. The Labute approximate surface area is 181 Å². The zero-order valence-electron chi connectivity index (χ0n) is 17.8. The van der Waals surface area contributed by atoms with E-state index in [-0.39, 0.29) is 18.1 Å². The molecule has 2 aliphatic rings. The molecule has 5 rings (SSSR count). The SMILES string of the molecule is CCc1ccc(-n2cnc([C@H](C)Nc3nccc(N4C(=O)NC[C@@H]4C4CC4)n3)c2)cc1. The maximum Gasteiger partial charge on any atom is 0.323 e. The van der Waals surface area contributed by atoms with E-state index in [9.17, 15) is 4.79 Å². The fourth-order valence-corrected chi connectivity index (χ4v) is 4.08. The van der Waals surface area contributed by atoms with Gasteiger partial charge in [0.25, 0.3) is 0 Å². The number of aryl methyl sites for hydroxylation is 1. The zero-order chi connectivity index (χ0) is 21.4. The zero-order valence-corrected chi connectivity index (χ0v) is 17.8. The van der Waals surface area contributed by atoms with Crippen LogP contribution in [0.2, 0.25) is 0 Å². The molecule has 1 saturated carbocycles. The van der Waals surface area contributed by atoms with Crippen molar-refractivity contribution in [2.24, 2.45) is 5.92 Å². The van der Waals surface area contributed by atoms with Crippen LogP contribution < -0.4 is 15.5 Å². The molecular formula is C23H27N7O. The van der Waals surface area contributed by atoms with Gasteiger partial charge in [0.05, 0.1) is 24.1 Å². The van der Waals surface area contributed by atoms with Gasteiger partial charge < -0.3 is 15.2 Å². The summed E-state index contributed by atoms with van der Waals surface area (Å²) in [7, 11) is 0. The summed E-state index contributed by atoms with van der Waals surface area (Å²) in [4.78, 5) is 27.7. The van der Waals surface area contributed by atoms with Gasteiger partial charge in [-0.3, -0.25) is 4.90 Å². The van der Waals surface area contributed by atoms with E-state index in [1.165, 1.54) is 18.4 Å². The first-order valence-corrected chi connectivity index (χ1v) is 10.9. The second-order valence-electron chi connectivity index (χ2n) is 8.29. The van der Waals surface area contributed by atoms with Crippen LogP contribution in [0.25, 0.3) is 5.69 Å². The number of rotatable bonds is 7. The summed E-state index contributed by atoms with van der Waals surface area (Å²) in [6, 6.07) is 10.3. The number of aromatic nitrogens is 4. The van der Waals surface area contributed by atoms with Crippen LogP contribution >= 0.6 is 0 Å². The summed E-state index contributed by atoms with van der Waals surface area (Å²) in [5.41, 5.74) is 3.28. The molecule has 0 spiro atoms. The first kappa shape index (κ1) is 19.5. The lowest BCUT2D eigenvalue weighted by atomic mass is 10.1. The molecule has 2 fully saturated rings. The smallest absolute Gasteiger partial charge is 0.323 e. The lowest BCUT2D eigenvalue weighted by molar-refractivity contribution is 0.251. The average Bonchev–Trinajstić information content (AvgIpc) is 3.38. The van der Waals surface area contributed by atoms with Gasteiger partial charge in [-0.05, 0) is 55.9 Å². The van der Waals surface area contributed by atoms with Crippen molar-refractivity contribution >= 4 is 17.8 Å². The number of carbonyl (C=O) groups is 1. The van der Waals surface area contributed by atoms with Gasteiger partial charge in [-0.1, -0.05) is 19.1 Å². The highest BCUT2D eigenvalue weighted by molar-refractivity contribution is 5.94. The molecule has 0 unspecified atom stereocenters. The molecule has 2 amide bonds. The third kappa shape index (κ3) is 3.97. The summed E-state index contributed by atoms with van der Waals surface area (Å²) in [5.74, 6) is 1.69. The second kappa shape index (κ2) is 8.02. The van der Waals surface area contributed by atoms with Crippen molar-refractivity contribution in [3.63, 3.8) is 0 Å². The minimum Gasteiger partial charge on any atom is -0.346 e. The van der Waals surface area contributed by atoms with E-state index in [0.29, 0.717) is 24.2 Å². The van der Waals surface area contributed by atoms with Gasteiger partial charge >= 0.3 is 6.03 Å². The van der Waals surface area contributed by atoms with Crippen LogP contribution in [0.4, 0.5) is 16.6 Å². The number of hydrogen-bond donors (Lipinski definition) is 2. The van der Waals surface area contributed by atoms with Crippen LogP contribution in [0, 0.1) is 5.92 Å². The van der Waals surface area contributed by atoms with Crippen LogP contribution in [-0.2, 0) is 6.42 Å². The molecule has 1 saturated heterocycles. The molecule has 3 aromatic rings. The van der Waals surface area contributed by atoms with Crippen molar-refractivity contribution in [2.75, 3.05) is 16.8 Å². The van der Waals surface area contributed by atoms with E-state index in [4.69, 9.17) is 0 Å². The normalized spacial score (nSPS) is 19.4. The Hall–Kier alpha value is -3.42. The third-order valence-electron chi connectivity index (χ3n) is 6.10. The van der Waals surface area contributed by atoms with Crippen LogP contribution in [-0.4, -0.2) is 38.1 Å². The fraction of sp³-hybridized carbons (Fsp3) is 0.391. The molecule has 3 heterocycles. The highest BCUT2D eigenvalue weighted by Crippen LogP contribution is 2.38. The summed E-state index contributed by atoms with van der Waals surface area (Å²) in [6.07, 6.45) is 8.90. The van der Waals surface area contributed by atoms with Gasteiger partial charge in [0, 0.05) is 24.6 Å². The van der Waals surface area contributed by atoms with Crippen molar-refractivity contribution < 1.29 is 4.79 Å². The number of amides is 2. The van der Waals surface area contributed by atoms with Gasteiger partial charge in [-0.25, -0.2) is 14.8 Å². The maximum absolute atomic E-state index is 12.4.